The number of hydrogen-bond donors (Lipinski definition) is 0. The van der Waals surface area contributed by atoms with Gasteiger partial charge in [0.1, 0.15) is 0 Å². The Morgan fingerprint density at radius 3 is 0.770 bits per heavy atom. The van der Waals surface area contributed by atoms with Crippen molar-refractivity contribution in [1.82, 2.24) is 0 Å². The molecule has 0 aliphatic carbocycles. The van der Waals surface area contributed by atoms with Gasteiger partial charge in [-0.05, 0) is 258 Å². The van der Waals surface area contributed by atoms with Crippen LogP contribution in [-0.2, 0) is 23.7 Å². The standard InChI is InChI=1S/C74H70/c1-45-35-53(36-46(2)65(45)43-67-57-27-17-21-31-61(57)71(62-32-22-18-28-58(62)67)69-49(5)39-55(40-50(69)6)73(9,10)11)25-15-16-26-54-37-47(3)66(48(4)38-54)44-68-59-29-19-23-33-63(59)72(64-34-24-20-30-60(64)68)70-51(7)41-56(42-52(70)8)74(12,13)14/h17-24,27-42H,43-44H2,1-14H3. The summed E-state index contributed by atoms with van der Waals surface area (Å²) in [4.78, 5) is 0. The maximum absolute atomic E-state index is 3.41. The van der Waals surface area contributed by atoms with Crippen LogP contribution in [0.2, 0.25) is 0 Å². The summed E-state index contributed by atoms with van der Waals surface area (Å²) < 4.78 is 0. The number of hydrogen-bond acceptors (Lipinski definition) is 0. The molecule has 0 bridgehead atoms. The molecule has 10 rings (SSSR count). The summed E-state index contributed by atoms with van der Waals surface area (Å²) in [6.45, 7) is 31.9. The third-order valence-corrected chi connectivity index (χ3v) is 16.0. The zero-order chi connectivity index (χ0) is 52.4. The molecular formula is C74H70. The Morgan fingerprint density at radius 1 is 0.284 bits per heavy atom. The highest BCUT2D eigenvalue weighted by Crippen LogP contribution is 2.46. The van der Waals surface area contributed by atoms with Crippen LogP contribution in [0.5, 0.6) is 0 Å². The minimum absolute atomic E-state index is 0.0848. The molecule has 0 amide bonds. The normalized spacial score (nSPS) is 11.8. The quantitative estimate of drug-likeness (QED) is 0.115. The van der Waals surface area contributed by atoms with Crippen LogP contribution in [0.4, 0.5) is 0 Å². The van der Waals surface area contributed by atoms with Crippen LogP contribution in [0.3, 0.4) is 0 Å². The first-order valence-electron chi connectivity index (χ1n) is 26.6. The van der Waals surface area contributed by atoms with E-state index in [4.69, 9.17) is 0 Å². The topological polar surface area (TPSA) is 0 Å². The van der Waals surface area contributed by atoms with Crippen molar-refractivity contribution < 1.29 is 0 Å². The molecule has 0 fully saturated rings. The van der Waals surface area contributed by atoms with Crippen molar-refractivity contribution in [3.8, 4) is 45.9 Å². The van der Waals surface area contributed by atoms with Gasteiger partial charge in [-0.15, -0.1) is 0 Å². The van der Waals surface area contributed by atoms with Gasteiger partial charge in [-0.3, -0.25) is 0 Å². The van der Waals surface area contributed by atoms with Gasteiger partial charge in [0.2, 0.25) is 0 Å². The number of benzene rings is 10. The van der Waals surface area contributed by atoms with E-state index in [0.717, 1.165) is 24.0 Å². The van der Waals surface area contributed by atoms with Gasteiger partial charge >= 0.3 is 0 Å². The second-order valence-electron chi connectivity index (χ2n) is 23.4. The van der Waals surface area contributed by atoms with Gasteiger partial charge in [0.05, 0.1) is 0 Å². The van der Waals surface area contributed by atoms with Crippen LogP contribution in [0.1, 0.15) is 131 Å². The summed E-state index contributed by atoms with van der Waals surface area (Å²) in [5.74, 6) is 13.3. The molecule has 0 aromatic heterocycles. The third-order valence-electron chi connectivity index (χ3n) is 16.0. The molecule has 0 saturated carbocycles. The molecule has 0 heteroatoms. The minimum atomic E-state index is 0.0848. The lowest BCUT2D eigenvalue weighted by atomic mass is 9.80. The van der Waals surface area contributed by atoms with Crippen LogP contribution in [0, 0.1) is 79.1 Å². The lowest BCUT2D eigenvalue weighted by Gasteiger charge is -2.24. The Balaban J connectivity index is 0.943. The first kappa shape index (κ1) is 49.9. The van der Waals surface area contributed by atoms with Crippen LogP contribution in [-0.4, -0.2) is 0 Å². The van der Waals surface area contributed by atoms with Crippen molar-refractivity contribution in [3.05, 3.63) is 235 Å². The molecule has 0 aliphatic heterocycles. The highest BCUT2D eigenvalue weighted by Gasteiger charge is 2.24. The van der Waals surface area contributed by atoms with E-state index in [9.17, 15) is 0 Å². The monoisotopic (exact) mass is 959 g/mol. The molecule has 10 aromatic rings. The van der Waals surface area contributed by atoms with Gasteiger partial charge < -0.3 is 0 Å². The van der Waals surface area contributed by atoms with Crippen LogP contribution in [0.15, 0.2) is 146 Å². The molecule has 0 radical (unpaired) electrons. The Hall–Kier alpha value is -7.64. The highest BCUT2D eigenvalue weighted by molar-refractivity contribution is 6.17. The van der Waals surface area contributed by atoms with Crippen LogP contribution in [0.25, 0.3) is 65.3 Å². The van der Waals surface area contributed by atoms with E-state index >= 15 is 0 Å². The van der Waals surface area contributed by atoms with Gasteiger partial charge in [0.25, 0.3) is 0 Å². The summed E-state index contributed by atoms with van der Waals surface area (Å²) >= 11 is 0. The molecule has 0 heterocycles. The zero-order valence-electron chi connectivity index (χ0n) is 46.3. The highest BCUT2D eigenvalue weighted by atomic mass is 14.3. The Bertz CT molecular complexity index is 3580. The van der Waals surface area contributed by atoms with Crippen LogP contribution < -0.4 is 0 Å². The molecule has 0 N–H and O–H groups in total. The van der Waals surface area contributed by atoms with E-state index in [1.165, 1.54) is 143 Å². The zero-order valence-corrected chi connectivity index (χ0v) is 46.3. The average molecular weight is 959 g/mol. The fourth-order valence-corrected chi connectivity index (χ4v) is 12.2. The smallest absolute Gasteiger partial charge is 0.0261 e. The fraction of sp³-hybridized carbons (Fsp3) is 0.243. The Kier molecular flexibility index (Phi) is 13.0. The van der Waals surface area contributed by atoms with Gasteiger partial charge in [-0.25, -0.2) is 0 Å². The summed E-state index contributed by atoms with van der Waals surface area (Å²) in [7, 11) is 0. The van der Waals surface area contributed by atoms with E-state index in [2.05, 4.69) is 266 Å². The summed E-state index contributed by atoms with van der Waals surface area (Å²) in [5.41, 5.74) is 26.0. The second-order valence-corrected chi connectivity index (χ2v) is 23.4. The number of rotatable bonds is 6. The lowest BCUT2D eigenvalue weighted by Crippen LogP contribution is -2.12. The first-order chi connectivity index (χ1) is 35.3. The fourth-order valence-electron chi connectivity index (χ4n) is 12.2. The Morgan fingerprint density at radius 2 is 0.527 bits per heavy atom. The Labute approximate surface area is 441 Å². The number of fused-ring (bicyclic) bond motifs is 4. The van der Waals surface area contributed by atoms with Crippen molar-refractivity contribution >= 4 is 43.1 Å². The van der Waals surface area contributed by atoms with Crippen molar-refractivity contribution in [1.29, 1.82) is 0 Å². The average Bonchev–Trinajstić information content (AvgIpc) is 3.34. The molecule has 0 aliphatic rings. The molecule has 10 aromatic carbocycles. The maximum atomic E-state index is 3.41. The van der Waals surface area contributed by atoms with Gasteiger partial charge in [-0.2, -0.15) is 0 Å². The predicted octanol–water partition coefficient (Wildman–Crippen LogP) is 19.3. The van der Waals surface area contributed by atoms with E-state index in [0.29, 0.717) is 0 Å². The molecule has 0 unspecified atom stereocenters. The van der Waals surface area contributed by atoms with Gasteiger partial charge in [0, 0.05) is 11.1 Å². The molecule has 0 nitrogen and oxygen atoms in total. The lowest BCUT2D eigenvalue weighted by molar-refractivity contribution is 0.589. The van der Waals surface area contributed by atoms with E-state index in [1.807, 2.05) is 0 Å². The SMILES string of the molecule is Cc1cc(C#CC#Cc2cc(C)c(Cc3c4ccccc4c(-c4c(C)cc(C(C)(C)C)cc4C)c4ccccc34)c(C)c2)cc(C)c1Cc1c2ccccc2c(-c2c(C)cc(C(C)(C)C)cc2C)c2ccccc12. The first-order valence-corrected chi connectivity index (χ1v) is 26.6. The second kappa shape index (κ2) is 19.3. The summed E-state index contributed by atoms with van der Waals surface area (Å²) in [6, 6.07) is 54.8. The third kappa shape index (κ3) is 9.22. The van der Waals surface area contributed by atoms with E-state index in [-0.39, 0.29) is 10.8 Å². The van der Waals surface area contributed by atoms with Gasteiger partial charge in [-0.1, -0.05) is 175 Å². The molecule has 0 saturated heterocycles. The largest absolute Gasteiger partial charge is 0.0616 e. The van der Waals surface area contributed by atoms with Crippen molar-refractivity contribution in [3.63, 3.8) is 0 Å². The van der Waals surface area contributed by atoms with E-state index < -0.39 is 0 Å². The molecule has 74 heavy (non-hydrogen) atoms. The predicted molar refractivity (Wildman–Crippen MR) is 321 cm³/mol. The van der Waals surface area contributed by atoms with Crippen LogP contribution >= 0.6 is 0 Å². The summed E-state index contributed by atoms with van der Waals surface area (Å²) in [6.07, 6.45) is 1.68. The molecule has 0 spiro atoms. The molecular weight excluding hydrogens is 889 g/mol. The maximum Gasteiger partial charge on any atom is 0.0261 e. The van der Waals surface area contributed by atoms with Crippen molar-refractivity contribution in [2.24, 2.45) is 0 Å². The molecule has 366 valence electrons. The summed E-state index contributed by atoms with van der Waals surface area (Å²) in [5, 5.41) is 10.5. The van der Waals surface area contributed by atoms with Crippen molar-refractivity contribution in [2.45, 2.75) is 121 Å². The van der Waals surface area contributed by atoms with Crippen molar-refractivity contribution in [2.75, 3.05) is 0 Å². The van der Waals surface area contributed by atoms with E-state index in [1.54, 1.807) is 0 Å². The molecule has 0 atom stereocenters. The van der Waals surface area contributed by atoms with Gasteiger partial charge in [0.15, 0.2) is 0 Å². The number of aryl methyl sites for hydroxylation is 8. The minimum Gasteiger partial charge on any atom is -0.0616 e.